The fourth-order valence-electron chi connectivity index (χ4n) is 4.78. The third-order valence-corrected chi connectivity index (χ3v) is 8.58. The number of aliphatic hydroxyl groups excluding tert-OH is 1. The first-order valence-electron chi connectivity index (χ1n) is 13.0. The summed E-state index contributed by atoms with van der Waals surface area (Å²) in [7, 11) is 0. The molecule has 41 heavy (non-hydrogen) atoms. The van der Waals surface area contributed by atoms with Crippen molar-refractivity contribution in [3.63, 3.8) is 0 Å². The second kappa shape index (κ2) is 12.9. The molecule has 2 aromatic carbocycles. The molecule has 5 rings (SSSR count). The van der Waals surface area contributed by atoms with Gasteiger partial charge in [-0.25, -0.2) is 0 Å². The van der Waals surface area contributed by atoms with Crippen molar-refractivity contribution in [1.29, 1.82) is 0 Å². The molecule has 0 bridgehead atoms. The summed E-state index contributed by atoms with van der Waals surface area (Å²) in [5, 5.41) is 35.8. The van der Waals surface area contributed by atoms with Crippen molar-refractivity contribution in [2.24, 2.45) is 0 Å². The van der Waals surface area contributed by atoms with Crippen molar-refractivity contribution in [2.45, 2.75) is 63.0 Å². The van der Waals surface area contributed by atoms with Crippen LogP contribution in [0.1, 0.15) is 58.7 Å². The Labute approximate surface area is 241 Å². The van der Waals surface area contributed by atoms with E-state index < -0.39 is 12.6 Å². The van der Waals surface area contributed by atoms with Crippen LogP contribution in [0, 0.1) is 0 Å². The number of rotatable bonds is 10. The highest BCUT2D eigenvalue weighted by molar-refractivity contribution is 7.15. The SMILES string of the molecule is O=C(Cc1ccccc1)Nc1nnc([C@H]2CCC[C@H](c3nnc(NC(O)Cc4cccc(OC(F)(F)F)c4)s3)C2)s1. The van der Waals surface area contributed by atoms with Gasteiger partial charge < -0.3 is 20.5 Å². The number of nitrogens with one attached hydrogen (secondary N) is 2. The fourth-order valence-corrected chi connectivity index (χ4v) is 6.62. The van der Waals surface area contributed by atoms with E-state index in [2.05, 4.69) is 35.8 Å². The number of aliphatic hydroxyl groups is 1. The van der Waals surface area contributed by atoms with E-state index in [0.29, 0.717) is 15.8 Å². The number of hydrogen-bond acceptors (Lipinski definition) is 10. The van der Waals surface area contributed by atoms with Gasteiger partial charge in [-0.1, -0.05) is 71.6 Å². The summed E-state index contributed by atoms with van der Waals surface area (Å²) in [4.78, 5) is 12.4. The monoisotopic (exact) mass is 604 g/mol. The third-order valence-electron chi connectivity index (χ3n) is 6.56. The molecule has 2 aromatic heterocycles. The molecule has 0 spiro atoms. The van der Waals surface area contributed by atoms with E-state index in [0.717, 1.165) is 41.3 Å². The van der Waals surface area contributed by atoms with Gasteiger partial charge in [-0.3, -0.25) is 4.79 Å². The Bertz CT molecular complexity index is 1450. The van der Waals surface area contributed by atoms with Gasteiger partial charge in [0.25, 0.3) is 0 Å². The second-order valence-corrected chi connectivity index (χ2v) is 11.7. The Morgan fingerprint density at radius 3 is 2.32 bits per heavy atom. The maximum Gasteiger partial charge on any atom is 0.573 e. The third kappa shape index (κ3) is 8.44. The summed E-state index contributed by atoms with van der Waals surface area (Å²) in [5.41, 5.74) is 1.40. The van der Waals surface area contributed by atoms with Crippen molar-refractivity contribution < 1.29 is 27.8 Å². The van der Waals surface area contributed by atoms with Gasteiger partial charge in [0.15, 0.2) is 0 Å². The number of carbonyl (C=O) groups excluding carboxylic acids is 1. The van der Waals surface area contributed by atoms with Crippen molar-refractivity contribution >= 4 is 38.8 Å². The molecule has 1 fully saturated rings. The molecule has 1 unspecified atom stereocenters. The summed E-state index contributed by atoms with van der Waals surface area (Å²) in [5.74, 6) is -0.138. The van der Waals surface area contributed by atoms with Crippen LogP contribution in [0.3, 0.4) is 0 Å². The molecule has 1 amide bonds. The minimum absolute atomic E-state index is 0.0523. The largest absolute Gasteiger partial charge is 0.573 e. The van der Waals surface area contributed by atoms with E-state index in [-0.39, 0.29) is 36.3 Å². The Balaban J connectivity index is 1.14. The second-order valence-electron chi connectivity index (χ2n) is 9.72. The average molecular weight is 605 g/mol. The van der Waals surface area contributed by atoms with Gasteiger partial charge in [0, 0.05) is 18.3 Å². The molecule has 0 radical (unpaired) electrons. The van der Waals surface area contributed by atoms with Crippen LogP contribution in [0.25, 0.3) is 0 Å². The topological polar surface area (TPSA) is 122 Å². The van der Waals surface area contributed by atoms with E-state index in [9.17, 15) is 23.1 Å². The Kier molecular flexibility index (Phi) is 9.10. The lowest BCUT2D eigenvalue weighted by Crippen LogP contribution is -2.21. The number of amides is 1. The first kappa shape index (κ1) is 28.9. The number of hydrogen-bond donors (Lipinski definition) is 3. The predicted octanol–water partition coefficient (Wildman–Crippen LogP) is 5.88. The molecular formula is C27H27F3N6O3S2. The molecular weight excluding hydrogens is 577 g/mol. The number of anilines is 2. The smallest absolute Gasteiger partial charge is 0.406 e. The van der Waals surface area contributed by atoms with Gasteiger partial charge in [0.2, 0.25) is 16.2 Å². The van der Waals surface area contributed by atoms with Gasteiger partial charge in [-0.15, -0.1) is 33.6 Å². The lowest BCUT2D eigenvalue weighted by atomic mass is 9.82. The van der Waals surface area contributed by atoms with Crippen LogP contribution < -0.4 is 15.4 Å². The molecule has 3 atom stereocenters. The van der Waals surface area contributed by atoms with Crippen LogP contribution >= 0.6 is 22.7 Å². The zero-order valence-electron chi connectivity index (χ0n) is 21.7. The van der Waals surface area contributed by atoms with Gasteiger partial charge >= 0.3 is 6.36 Å². The number of nitrogens with zero attached hydrogens (tertiary/aromatic N) is 4. The number of halogens is 3. The highest BCUT2D eigenvalue weighted by Crippen LogP contribution is 2.43. The van der Waals surface area contributed by atoms with Gasteiger partial charge in [-0.05, 0) is 42.5 Å². The van der Waals surface area contributed by atoms with E-state index >= 15 is 0 Å². The molecule has 1 saturated carbocycles. The Hall–Kier alpha value is -3.62. The number of ether oxygens (including phenoxy) is 1. The van der Waals surface area contributed by atoms with Crippen molar-refractivity contribution in [3.8, 4) is 5.75 Å². The van der Waals surface area contributed by atoms with E-state index in [1.807, 2.05) is 30.3 Å². The minimum Gasteiger partial charge on any atom is -0.406 e. The van der Waals surface area contributed by atoms with Crippen molar-refractivity contribution in [3.05, 3.63) is 75.7 Å². The van der Waals surface area contributed by atoms with Gasteiger partial charge in [-0.2, -0.15) is 0 Å². The molecule has 216 valence electrons. The van der Waals surface area contributed by atoms with Gasteiger partial charge in [0.1, 0.15) is 22.0 Å². The van der Waals surface area contributed by atoms with E-state index in [4.69, 9.17) is 0 Å². The van der Waals surface area contributed by atoms with Crippen LogP contribution in [-0.2, 0) is 17.6 Å². The van der Waals surface area contributed by atoms with Crippen molar-refractivity contribution in [2.75, 3.05) is 10.6 Å². The number of alkyl halides is 3. The summed E-state index contributed by atoms with van der Waals surface area (Å²) >= 11 is 2.74. The average Bonchev–Trinajstić information content (AvgIpc) is 3.58. The summed E-state index contributed by atoms with van der Waals surface area (Å²) in [6, 6.07) is 15.0. The highest BCUT2D eigenvalue weighted by atomic mass is 32.1. The highest BCUT2D eigenvalue weighted by Gasteiger charge is 2.31. The van der Waals surface area contributed by atoms with E-state index in [1.54, 1.807) is 6.07 Å². The molecule has 0 saturated heterocycles. The molecule has 0 aliphatic heterocycles. The van der Waals surface area contributed by atoms with Crippen LogP contribution in [0.5, 0.6) is 5.75 Å². The summed E-state index contributed by atoms with van der Waals surface area (Å²) < 4.78 is 41.4. The van der Waals surface area contributed by atoms with Crippen LogP contribution in [0.2, 0.25) is 0 Å². The zero-order chi connectivity index (χ0) is 28.8. The predicted molar refractivity (Wildman–Crippen MR) is 149 cm³/mol. The first-order valence-corrected chi connectivity index (χ1v) is 14.6. The van der Waals surface area contributed by atoms with E-state index in [1.165, 1.54) is 40.9 Å². The molecule has 1 aliphatic carbocycles. The molecule has 1 aliphatic rings. The standard InChI is InChI=1S/C27H27F3N6O3S2/c28-27(29,30)39-20-11-4-8-17(12-20)14-22(38)32-26-36-34-24(41-26)19-10-5-9-18(15-19)23-33-35-25(40-23)31-21(37)13-16-6-2-1-3-7-16/h1-4,6-8,11-12,18-19,22,38H,5,9-10,13-15H2,(H,32,36)(H,31,35,37)/t18-,19-,22?/m0/s1. The number of aromatic nitrogens is 4. The summed E-state index contributed by atoms with van der Waals surface area (Å²) in [6.07, 6.45) is -1.84. The molecule has 3 N–H and O–H groups in total. The molecule has 2 heterocycles. The molecule has 14 heteroatoms. The minimum atomic E-state index is -4.78. The molecule has 4 aromatic rings. The van der Waals surface area contributed by atoms with Crippen LogP contribution in [0.15, 0.2) is 54.6 Å². The van der Waals surface area contributed by atoms with Crippen LogP contribution in [0.4, 0.5) is 23.4 Å². The Morgan fingerprint density at radius 1 is 0.951 bits per heavy atom. The maximum atomic E-state index is 12.5. The quantitative estimate of drug-likeness (QED) is 0.192. The fraction of sp³-hybridized carbons (Fsp3) is 0.370. The number of carbonyl (C=O) groups is 1. The molecule has 9 nitrogen and oxygen atoms in total. The maximum absolute atomic E-state index is 12.5. The normalized spacial score (nSPS) is 18.0. The first-order chi connectivity index (χ1) is 19.7. The lowest BCUT2D eigenvalue weighted by molar-refractivity contribution is -0.274. The van der Waals surface area contributed by atoms with Gasteiger partial charge in [0.05, 0.1) is 6.42 Å². The lowest BCUT2D eigenvalue weighted by Gasteiger charge is -2.25. The van der Waals surface area contributed by atoms with Crippen LogP contribution in [-0.4, -0.2) is 44.0 Å². The summed E-state index contributed by atoms with van der Waals surface area (Å²) in [6.45, 7) is 0. The Morgan fingerprint density at radius 2 is 1.61 bits per heavy atom. The zero-order valence-corrected chi connectivity index (χ0v) is 23.3. The van der Waals surface area contributed by atoms with Crippen molar-refractivity contribution in [1.82, 2.24) is 20.4 Å². The number of benzene rings is 2.